The molecule has 0 saturated carbocycles. The number of amides is 1. The van der Waals surface area contributed by atoms with Gasteiger partial charge in [0.15, 0.2) is 0 Å². The molecule has 2 atom stereocenters. The molecule has 2 aliphatic rings. The molecule has 2 fully saturated rings. The highest BCUT2D eigenvalue weighted by Crippen LogP contribution is 2.08. The maximum atomic E-state index is 11.7. The van der Waals surface area contributed by atoms with E-state index in [1.54, 1.807) is 0 Å². The van der Waals surface area contributed by atoms with Crippen LogP contribution in [0.5, 0.6) is 0 Å². The Hall–Kier alpha value is -0.650. The number of carbonyl (C=O) groups is 1. The van der Waals surface area contributed by atoms with Gasteiger partial charge in [0.25, 0.3) is 0 Å². The van der Waals surface area contributed by atoms with E-state index in [1.807, 2.05) is 0 Å². The van der Waals surface area contributed by atoms with E-state index < -0.39 is 0 Å². The SMILES string of the molecule is O=C(NCCCN1CCCCC1)C1CC(O)CN1. The van der Waals surface area contributed by atoms with E-state index in [4.69, 9.17) is 0 Å². The van der Waals surface area contributed by atoms with Crippen molar-refractivity contribution in [3.63, 3.8) is 0 Å². The molecule has 0 bridgehead atoms. The molecule has 0 aromatic carbocycles. The van der Waals surface area contributed by atoms with Crippen molar-refractivity contribution in [2.75, 3.05) is 32.7 Å². The first-order valence-corrected chi connectivity index (χ1v) is 7.17. The third kappa shape index (κ3) is 4.23. The molecule has 18 heavy (non-hydrogen) atoms. The van der Waals surface area contributed by atoms with E-state index in [9.17, 15) is 9.90 Å². The number of nitrogens with one attached hydrogen (secondary N) is 2. The van der Waals surface area contributed by atoms with Crippen LogP contribution in [0.1, 0.15) is 32.1 Å². The highest BCUT2D eigenvalue weighted by molar-refractivity contribution is 5.82. The van der Waals surface area contributed by atoms with E-state index in [0.29, 0.717) is 13.0 Å². The number of nitrogens with zero attached hydrogens (tertiary/aromatic N) is 1. The van der Waals surface area contributed by atoms with Crippen molar-refractivity contribution in [2.45, 2.75) is 44.2 Å². The minimum atomic E-state index is -0.367. The largest absolute Gasteiger partial charge is 0.392 e. The number of likely N-dealkylation sites (tertiary alicyclic amines) is 1. The Bertz CT molecular complexity index is 267. The fraction of sp³-hybridized carbons (Fsp3) is 0.923. The Balaban J connectivity index is 1.53. The van der Waals surface area contributed by atoms with Crippen LogP contribution in [0.4, 0.5) is 0 Å². The third-order valence-corrected chi connectivity index (χ3v) is 3.82. The summed E-state index contributed by atoms with van der Waals surface area (Å²) < 4.78 is 0. The van der Waals surface area contributed by atoms with Gasteiger partial charge in [-0.1, -0.05) is 6.42 Å². The summed E-state index contributed by atoms with van der Waals surface area (Å²) in [6.45, 7) is 4.78. The fourth-order valence-corrected chi connectivity index (χ4v) is 2.74. The van der Waals surface area contributed by atoms with Crippen molar-refractivity contribution in [3.05, 3.63) is 0 Å². The summed E-state index contributed by atoms with van der Waals surface area (Å²) in [6, 6.07) is -0.199. The topological polar surface area (TPSA) is 64.6 Å². The van der Waals surface area contributed by atoms with E-state index in [1.165, 1.54) is 32.4 Å². The first-order valence-electron chi connectivity index (χ1n) is 7.17. The summed E-state index contributed by atoms with van der Waals surface area (Å²) >= 11 is 0. The van der Waals surface area contributed by atoms with Gasteiger partial charge in [-0.15, -0.1) is 0 Å². The summed E-state index contributed by atoms with van der Waals surface area (Å²) in [5.74, 6) is 0.0326. The summed E-state index contributed by atoms with van der Waals surface area (Å²) in [7, 11) is 0. The summed E-state index contributed by atoms with van der Waals surface area (Å²) in [6.07, 6.45) is 5.18. The normalized spacial score (nSPS) is 29.4. The number of carbonyl (C=O) groups excluding carboxylic acids is 1. The zero-order valence-corrected chi connectivity index (χ0v) is 11.0. The zero-order valence-electron chi connectivity index (χ0n) is 11.0. The Morgan fingerprint density at radius 3 is 2.78 bits per heavy atom. The van der Waals surface area contributed by atoms with Crippen molar-refractivity contribution >= 4 is 5.91 Å². The van der Waals surface area contributed by atoms with Crippen molar-refractivity contribution in [1.82, 2.24) is 15.5 Å². The van der Waals surface area contributed by atoms with Gasteiger partial charge in [0.1, 0.15) is 0 Å². The van der Waals surface area contributed by atoms with Gasteiger partial charge in [0.05, 0.1) is 12.1 Å². The van der Waals surface area contributed by atoms with Crippen molar-refractivity contribution in [2.24, 2.45) is 0 Å². The lowest BCUT2D eigenvalue weighted by Gasteiger charge is -2.26. The molecule has 0 aromatic rings. The van der Waals surface area contributed by atoms with Crippen molar-refractivity contribution in [1.29, 1.82) is 0 Å². The third-order valence-electron chi connectivity index (χ3n) is 3.82. The molecule has 0 aliphatic carbocycles. The minimum absolute atomic E-state index is 0.0326. The lowest BCUT2D eigenvalue weighted by molar-refractivity contribution is -0.122. The molecule has 2 saturated heterocycles. The maximum Gasteiger partial charge on any atom is 0.237 e. The number of rotatable bonds is 5. The van der Waals surface area contributed by atoms with Crippen LogP contribution in [0.2, 0.25) is 0 Å². The molecule has 2 aliphatic heterocycles. The molecule has 104 valence electrons. The van der Waals surface area contributed by atoms with Crippen LogP contribution in [0, 0.1) is 0 Å². The highest BCUT2D eigenvalue weighted by Gasteiger charge is 2.27. The molecule has 3 N–H and O–H groups in total. The number of hydrogen-bond donors (Lipinski definition) is 3. The summed E-state index contributed by atoms with van der Waals surface area (Å²) in [5.41, 5.74) is 0. The van der Waals surface area contributed by atoms with Gasteiger partial charge in [0, 0.05) is 13.1 Å². The van der Waals surface area contributed by atoms with E-state index in [-0.39, 0.29) is 18.1 Å². The molecule has 0 aromatic heterocycles. The second-order valence-corrected chi connectivity index (χ2v) is 5.40. The molecule has 2 heterocycles. The second-order valence-electron chi connectivity index (χ2n) is 5.40. The average molecular weight is 255 g/mol. The lowest BCUT2D eigenvalue weighted by Crippen LogP contribution is -2.41. The van der Waals surface area contributed by atoms with Gasteiger partial charge in [-0.05, 0) is 45.3 Å². The van der Waals surface area contributed by atoms with Crippen molar-refractivity contribution < 1.29 is 9.90 Å². The van der Waals surface area contributed by atoms with Gasteiger partial charge in [0.2, 0.25) is 5.91 Å². The smallest absolute Gasteiger partial charge is 0.237 e. The number of aliphatic hydroxyl groups is 1. The highest BCUT2D eigenvalue weighted by atomic mass is 16.3. The molecule has 5 nitrogen and oxygen atoms in total. The van der Waals surface area contributed by atoms with Crippen LogP contribution in [0.25, 0.3) is 0 Å². The second kappa shape index (κ2) is 7.07. The van der Waals surface area contributed by atoms with E-state index in [0.717, 1.165) is 19.5 Å². The van der Waals surface area contributed by atoms with Crippen LogP contribution < -0.4 is 10.6 Å². The zero-order chi connectivity index (χ0) is 12.8. The fourth-order valence-electron chi connectivity index (χ4n) is 2.74. The lowest BCUT2D eigenvalue weighted by atomic mass is 10.1. The molecule has 0 spiro atoms. The number of hydrogen-bond acceptors (Lipinski definition) is 4. The molecule has 5 heteroatoms. The Morgan fingerprint density at radius 2 is 2.11 bits per heavy atom. The van der Waals surface area contributed by atoms with Gasteiger partial charge in [-0.3, -0.25) is 4.79 Å². The van der Waals surface area contributed by atoms with Gasteiger partial charge >= 0.3 is 0 Å². The van der Waals surface area contributed by atoms with Crippen LogP contribution >= 0.6 is 0 Å². The monoisotopic (exact) mass is 255 g/mol. The maximum absolute atomic E-state index is 11.7. The van der Waals surface area contributed by atoms with Crippen LogP contribution in [0.15, 0.2) is 0 Å². The van der Waals surface area contributed by atoms with Crippen LogP contribution in [0.3, 0.4) is 0 Å². The number of piperidine rings is 1. The Kier molecular flexibility index (Phi) is 5.41. The van der Waals surface area contributed by atoms with Crippen molar-refractivity contribution in [3.8, 4) is 0 Å². The number of aliphatic hydroxyl groups excluding tert-OH is 1. The van der Waals surface area contributed by atoms with Crippen LogP contribution in [-0.4, -0.2) is 60.8 Å². The van der Waals surface area contributed by atoms with E-state index >= 15 is 0 Å². The first kappa shape index (κ1) is 13.8. The summed E-state index contributed by atoms with van der Waals surface area (Å²) in [5, 5.41) is 15.3. The van der Waals surface area contributed by atoms with Gasteiger partial charge in [-0.2, -0.15) is 0 Å². The Morgan fingerprint density at radius 1 is 1.33 bits per heavy atom. The van der Waals surface area contributed by atoms with Gasteiger partial charge < -0.3 is 20.6 Å². The molecule has 2 unspecified atom stereocenters. The molecule has 1 amide bonds. The molecular formula is C13H25N3O2. The quantitative estimate of drug-likeness (QED) is 0.590. The average Bonchev–Trinajstić information content (AvgIpc) is 2.82. The molecule has 0 radical (unpaired) electrons. The number of β-amino-alcohol motifs (C(OH)–C–C–N with tert-alkyl or cyclic N) is 1. The Labute approximate surface area is 109 Å². The van der Waals surface area contributed by atoms with Gasteiger partial charge in [-0.25, -0.2) is 0 Å². The predicted molar refractivity (Wildman–Crippen MR) is 70.3 cm³/mol. The van der Waals surface area contributed by atoms with Crippen LogP contribution in [-0.2, 0) is 4.79 Å². The summed E-state index contributed by atoms with van der Waals surface area (Å²) in [4.78, 5) is 14.2. The standard InChI is InChI=1S/C13H25N3O2/c17-11-9-12(15-10-11)13(18)14-5-4-8-16-6-2-1-3-7-16/h11-12,15,17H,1-10H2,(H,14,18). The first-order chi connectivity index (χ1) is 8.75. The van der Waals surface area contributed by atoms with E-state index in [2.05, 4.69) is 15.5 Å². The molecular weight excluding hydrogens is 230 g/mol. The minimum Gasteiger partial charge on any atom is -0.392 e. The predicted octanol–water partition coefficient (Wildman–Crippen LogP) is -0.299. The molecule has 2 rings (SSSR count).